The van der Waals surface area contributed by atoms with Gasteiger partial charge in [-0.1, -0.05) is 13.8 Å². The summed E-state index contributed by atoms with van der Waals surface area (Å²) >= 11 is 0.970. The number of thiazole rings is 1. The van der Waals surface area contributed by atoms with Crippen molar-refractivity contribution in [3.8, 4) is 11.5 Å². The lowest BCUT2D eigenvalue weighted by Gasteiger charge is -2.11. The van der Waals surface area contributed by atoms with Crippen molar-refractivity contribution in [3.63, 3.8) is 0 Å². The highest BCUT2D eigenvalue weighted by Gasteiger charge is 2.27. The van der Waals surface area contributed by atoms with Crippen molar-refractivity contribution in [1.29, 1.82) is 0 Å². The molecule has 30 heavy (non-hydrogen) atoms. The van der Waals surface area contributed by atoms with Gasteiger partial charge in [0.05, 0.1) is 10.8 Å². The van der Waals surface area contributed by atoms with Crippen LogP contribution >= 0.6 is 11.3 Å². The van der Waals surface area contributed by atoms with Crippen molar-refractivity contribution >= 4 is 44.2 Å². The third kappa shape index (κ3) is 5.63. The predicted octanol–water partition coefficient (Wildman–Crippen LogP) is 3.21. The van der Waals surface area contributed by atoms with Gasteiger partial charge in [0.25, 0.3) is 5.91 Å². The van der Waals surface area contributed by atoms with Gasteiger partial charge in [-0.3, -0.25) is 19.7 Å². The topological polar surface area (TPSA) is 129 Å². The molecule has 2 rings (SSSR count). The molecule has 0 spiro atoms. The van der Waals surface area contributed by atoms with E-state index < -0.39 is 32.9 Å². The molecule has 0 fully saturated rings. The van der Waals surface area contributed by atoms with Crippen molar-refractivity contribution in [2.75, 3.05) is 5.32 Å². The quantitative estimate of drug-likeness (QED) is 0.475. The maximum atomic E-state index is 12.7. The molecule has 2 aromatic rings. The number of esters is 2. The molecular formula is C19H22N2O7S2. The number of carbonyl (C=O) groups excluding carboxylic acids is 3. The summed E-state index contributed by atoms with van der Waals surface area (Å²) in [5.74, 6) is -1.92. The number of rotatable bonds is 8. The summed E-state index contributed by atoms with van der Waals surface area (Å²) < 4.78 is 35.2. The van der Waals surface area contributed by atoms with E-state index in [1.54, 1.807) is 13.8 Å². The van der Waals surface area contributed by atoms with Crippen molar-refractivity contribution in [1.82, 2.24) is 4.98 Å². The van der Waals surface area contributed by atoms with E-state index in [4.69, 9.17) is 9.47 Å². The molecule has 0 aliphatic carbocycles. The van der Waals surface area contributed by atoms with E-state index in [1.165, 1.54) is 30.5 Å². The minimum atomic E-state index is -3.59. The van der Waals surface area contributed by atoms with Gasteiger partial charge in [0.2, 0.25) is 0 Å². The summed E-state index contributed by atoms with van der Waals surface area (Å²) in [6, 6.07) is 3.93. The van der Waals surface area contributed by atoms with Gasteiger partial charge in [-0.15, -0.1) is 11.3 Å². The van der Waals surface area contributed by atoms with Crippen LogP contribution in [0.15, 0.2) is 28.6 Å². The van der Waals surface area contributed by atoms with E-state index in [1.807, 2.05) is 0 Å². The summed E-state index contributed by atoms with van der Waals surface area (Å²) in [4.78, 5) is 39.2. The molecule has 1 aromatic carbocycles. The lowest BCUT2D eigenvalue weighted by molar-refractivity contribution is -0.132. The van der Waals surface area contributed by atoms with Crippen LogP contribution < -0.4 is 14.8 Å². The maximum Gasteiger partial charge on any atom is 0.308 e. The molecule has 1 heterocycles. The number of anilines is 1. The number of benzene rings is 1. The Kier molecular flexibility index (Phi) is 7.68. The number of carbonyl (C=O) groups is 3. The first-order valence-electron chi connectivity index (χ1n) is 9.10. The standard InChI is InChI=1S/C19H22N2O7S2/c1-5-14(6-2)30(25,26)17-10-29-19(20-17)21-18(24)15-8-7-13(27-11(3)22)9-16(15)28-12(4)23/h7-10,14H,5-6H2,1-4H3,(H,20,21,24). The molecular weight excluding hydrogens is 432 g/mol. The van der Waals surface area contributed by atoms with Gasteiger partial charge in [-0.2, -0.15) is 0 Å². The first-order valence-corrected chi connectivity index (χ1v) is 11.5. The summed E-state index contributed by atoms with van der Waals surface area (Å²) in [5.41, 5.74) is -0.0132. The first kappa shape index (κ1) is 23.5. The van der Waals surface area contributed by atoms with Crippen molar-refractivity contribution in [2.24, 2.45) is 0 Å². The van der Waals surface area contributed by atoms with Gasteiger partial charge in [0, 0.05) is 25.3 Å². The molecule has 1 N–H and O–H groups in total. The summed E-state index contributed by atoms with van der Waals surface area (Å²) in [5, 5.41) is 3.32. The van der Waals surface area contributed by atoms with Crippen LogP contribution in [-0.4, -0.2) is 36.5 Å². The number of sulfone groups is 1. The molecule has 0 radical (unpaired) electrons. The zero-order valence-corrected chi connectivity index (χ0v) is 18.6. The number of hydrogen-bond donors (Lipinski definition) is 1. The molecule has 1 aromatic heterocycles. The second-order valence-electron chi connectivity index (χ2n) is 6.27. The number of aromatic nitrogens is 1. The van der Waals surface area contributed by atoms with Crippen LogP contribution in [-0.2, 0) is 19.4 Å². The normalized spacial score (nSPS) is 11.2. The molecule has 11 heteroatoms. The lowest BCUT2D eigenvalue weighted by Crippen LogP contribution is -2.20. The Hall–Kier alpha value is -2.79. The smallest absolute Gasteiger partial charge is 0.308 e. The zero-order valence-electron chi connectivity index (χ0n) is 16.9. The molecule has 0 saturated heterocycles. The van der Waals surface area contributed by atoms with Crippen molar-refractivity contribution in [3.05, 3.63) is 29.1 Å². The van der Waals surface area contributed by atoms with Crippen molar-refractivity contribution < 1.29 is 32.3 Å². The van der Waals surface area contributed by atoms with E-state index in [-0.39, 0.29) is 27.2 Å². The molecule has 1 amide bonds. The van der Waals surface area contributed by atoms with Gasteiger partial charge in [0.15, 0.2) is 20.0 Å². The Morgan fingerprint density at radius 3 is 2.30 bits per heavy atom. The van der Waals surface area contributed by atoms with Gasteiger partial charge < -0.3 is 9.47 Å². The Balaban J connectivity index is 2.29. The highest BCUT2D eigenvalue weighted by atomic mass is 32.2. The highest BCUT2D eigenvalue weighted by molar-refractivity contribution is 7.92. The Labute approximate surface area is 178 Å². The van der Waals surface area contributed by atoms with Crippen LogP contribution in [0.4, 0.5) is 5.13 Å². The summed E-state index contributed by atoms with van der Waals surface area (Å²) in [7, 11) is -3.59. The third-order valence-corrected chi connectivity index (χ3v) is 7.30. The second kappa shape index (κ2) is 9.81. The number of nitrogens with one attached hydrogen (secondary N) is 1. The summed E-state index contributed by atoms with van der Waals surface area (Å²) in [6.45, 7) is 5.95. The molecule has 0 aliphatic heterocycles. The summed E-state index contributed by atoms with van der Waals surface area (Å²) in [6.07, 6.45) is 0.914. The molecule has 0 atom stereocenters. The molecule has 9 nitrogen and oxygen atoms in total. The highest BCUT2D eigenvalue weighted by Crippen LogP contribution is 2.28. The van der Waals surface area contributed by atoms with Gasteiger partial charge >= 0.3 is 11.9 Å². The van der Waals surface area contributed by atoms with Gasteiger partial charge in [-0.25, -0.2) is 13.4 Å². The number of ether oxygens (including phenoxy) is 2. The Bertz CT molecular complexity index is 1060. The third-order valence-electron chi connectivity index (χ3n) is 4.06. The van der Waals surface area contributed by atoms with Crippen LogP contribution in [0.2, 0.25) is 0 Å². The van der Waals surface area contributed by atoms with Crippen LogP contribution in [0.25, 0.3) is 0 Å². The average molecular weight is 455 g/mol. The number of amides is 1. The zero-order chi connectivity index (χ0) is 22.5. The molecule has 162 valence electrons. The Morgan fingerprint density at radius 2 is 1.73 bits per heavy atom. The van der Waals surface area contributed by atoms with Crippen molar-refractivity contribution in [2.45, 2.75) is 50.8 Å². The fourth-order valence-corrected chi connectivity index (χ4v) is 5.41. The average Bonchev–Trinajstić information content (AvgIpc) is 3.11. The lowest BCUT2D eigenvalue weighted by atomic mass is 10.1. The second-order valence-corrected chi connectivity index (χ2v) is 9.31. The molecule has 0 unspecified atom stereocenters. The largest absolute Gasteiger partial charge is 0.427 e. The number of hydrogen-bond acceptors (Lipinski definition) is 9. The maximum absolute atomic E-state index is 12.7. The van der Waals surface area contributed by atoms with E-state index >= 15 is 0 Å². The molecule has 0 aliphatic rings. The minimum absolute atomic E-state index is 0.0132. The van der Waals surface area contributed by atoms with E-state index in [9.17, 15) is 22.8 Å². The Morgan fingerprint density at radius 1 is 1.10 bits per heavy atom. The van der Waals surface area contributed by atoms with E-state index in [2.05, 4.69) is 10.3 Å². The van der Waals surface area contributed by atoms with Crippen LogP contribution in [0.1, 0.15) is 50.9 Å². The fraction of sp³-hybridized carbons (Fsp3) is 0.368. The minimum Gasteiger partial charge on any atom is -0.427 e. The van der Waals surface area contributed by atoms with Crippen LogP contribution in [0.3, 0.4) is 0 Å². The van der Waals surface area contributed by atoms with Crippen LogP contribution in [0.5, 0.6) is 11.5 Å². The van der Waals surface area contributed by atoms with Gasteiger partial charge in [-0.05, 0) is 25.0 Å². The van der Waals surface area contributed by atoms with E-state index in [0.717, 1.165) is 18.3 Å². The predicted molar refractivity (Wildman–Crippen MR) is 111 cm³/mol. The first-order chi connectivity index (χ1) is 14.1. The SMILES string of the molecule is CCC(CC)S(=O)(=O)c1csc(NC(=O)c2ccc(OC(C)=O)cc2OC(C)=O)n1. The van der Waals surface area contributed by atoms with Crippen LogP contribution in [0, 0.1) is 0 Å². The van der Waals surface area contributed by atoms with E-state index in [0.29, 0.717) is 12.8 Å². The fourth-order valence-electron chi connectivity index (χ4n) is 2.67. The molecule has 0 bridgehead atoms. The number of nitrogens with zero attached hydrogens (tertiary/aromatic N) is 1. The molecule has 0 saturated carbocycles. The van der Waals surface area contributed by atoms with Gasteiger partial charge in [0.1, 0.15) is 11.5 Å². The monoisotopic (exact) mass is 454 g/mol.